The molecule has 5 rings (SSSR count). The van der Waals surface area contributed by atoms with Gasteiger partial charge in [0, 0.05) is 37.3 Å². The lowest BCUT2D eigenvalue weighted by Gasteiger charge is -2.20. The van der Waals surface area contributed by atoms with Crippen molar-refractivity contribution in [2.45, 2.75) is 13.0 Å². The molecule has 1 saturated heterocycles. The van der Waals surface area contributed by atoms with Crippen LogP contribution < -0.4 is 10.7 Å². The van der Waals surface area contributed by atoms with E-state index in [0.29, 0.717) is 31.5 Å². The Hall–Kier alpha value is -3.44. The number of carbonyl (C=O) groups is 2. The van der Waals surface area contributed by atoms with Crippen LogP contribution in [0.15, 0.2) is 54.6 Å². The van der Waals surface area contributed by atoms with Gasteiger partial charge in [-0.15, -0.1) is 11.3 Å². The fourth-order valence-electron chi connectivity index (χ4n) is 4.41. The van der Waals surface area contributed by atoms with Crippen LogP contribution >= 0.6 is 22.9 Å². The van der Waals surface area contributed by atoms with Crippen LogP contribution in [0.5, 0.6) is 0 Å². The van der Waals surface area contributed by atoms with Gasteiger partial charge in [-0.2, -0.15) is 5.10 Å². The summed E-state index contributed by atoms with van der Waals surface area (Å²) < 4.78 is 0. The Morgan fingerprint density at radius 1 is 1.08 bits per heavy atom. The second-order valence-electron chi connectivity index (χ2n) is 9.49. The lowest BCUT2D eigenvalue weighted by molar-refractivity contribution is 0.0830. The van der Waals surface area contributed by atoms with Crippen LogP contribution in [0.25, 0.3) is 10.2 Å². The third kappa shape index (κ3) is 6.16. The summed E-state index contributed by atoms with van der Waals surface area (Å²) in [5, 5.41) is 12.8. The first-order chi connectivity index (χ1) is 18.4. The number of carbonyl (C=O) groups excluding carboxylic acids is 2. The number of hydrogen-bond donors (Lipinski definition) is 3. The van der Waals surface area contributed by atoms with E-state index in [1.54, 1.807) is 37.4 Å². The summed E-state index contributed by atoms with van der Waals surface area (Å²) in [6.07, 6.45) is 1.17. The molecular weight excluding hydrogens is 522 g/mol. The zero-order valence-corrected chi connectivity index (χ0v) is 22.9. The summed E-state index contributed by atoms with van der Waals surface area (Å²) in [7, 11) is 3.82. The van der Waals surface area contributed by atoms with Crippen molar-refractivity contribution < 1.29 is 9.59 Å². The van der Waals surface area contributed by atoms with Crippen LogP contribution in [-0.4, -0.2) is 77.1 Å². The molecule has 38 heavy (non-hydrogen) atoms. The highest BCUT2D eigenvalue weighted by Crippen LogP contribution is 2.30. The molecule has 0 unspecified atom stereocenters. The van der Waals surface area contributed by atoms with Gasteiger partial charge in [0.25, 0.3) is 11.8 Å². The number of halogens is 1. The second kappa shape index (κ2) is 11.5. The Morgan fingerprint density at radius 2 is 1.84 bits per heavy atom. The molecule has 1 fully saturated rings. The van der Waals surface area contributed by atoms with Gasteiger partial charge in [-0.25, -0.2) is 0 Å². The second-order valence-corrected chi connectivity index (χ2v) is 11.0. The van der Waals surface area contributed by atoms with E-state index in [-0.39, 0.29) is 11.8 Å². The zero-order valence-electron chi connectivity index (χ0n) is 21.3. The lowest BCUT2D eigenvalue weighted by atomic mass is 10.1. The molecule has 0 radical (unpaired) electrons. The van der Waals surface area contributed by atoms with Crippen LogP contribution in [-0.2, 0) is 6.54 Å². The molecular formula is C27H30ClN7O2S. The van der Waals surface area contributed by atoms with E-state index in [1.807, 2.05) is 24.3 Å². The summed E-state index contributed by atoms with van der Waals surface area (Å²) in [6, 6.07) is 16.5. The number of H-pyrrole nitrogens is 1. The van der Waals surface area contributed by atoms with Crippen LogP contribution in [0.4, 0.5) is 11.5 Å². The zero-order chi connectivity index (χ0) is 26.6. The number of thiophene rings is 1. The highest BCUT2D eigenvalue weighted by molar-refractivity contribution is 7.20. The number of nitrogens with one attached hydrogen (secondary N) is 3. The number of benzene rings is 2. The number of aromatic amines is 1. The van der Waals surface area contributed by atoms with E-state index in [0.717, 1.165) is 38.4 Å². The van der Waals surface area contributed by atoms with Gasteiger partial charge >= 0.3 is 0 Å². The monoisotopic (exact) mass is 551 g/mol. The van der Waals surface area contributed by atoms with Crippen molar-refractivity contribution in [1.29, 1.82) is 0 Å². The van der Waals surface area contributed by atoms with E-state index in [2.05, 4.69) is 37.8 Å². The van der Waals surface area contributed by atoms with Crippen molar-refractivity contribution in [3.05, 3.63) is 75.6 Å². The Balaban J connectivity index is 1.21. The maximum absolute atomic E-state index is 13.0. The minimum Gasteiger partial charge on any atom is -0.306 e. The van der Waals surface area contributed by atoms with E-state index in [1.165, 1.54) is 28.3 Å². The number of likely N-dealkylation sites (N-methyl/N-ethyl adjacent to an activating group) is 1. The highest BCUT2D eigenvalue weighted by atomic mass is 35.5. The van der Waals surface area contributed by atoms with E-state index in [9.17, 15) is 9.59 Å². The molecule has 1 aliphatic rings. The van der Waals surface area contributed by atoms with Crippen LogP contribution in [0, 0.1) is 0 Å². The summed E-state index contributed by atoms with van der Waals surface area (Å²) in [4.78, 5) is 31.9. The quantitative estimate of drug-likeness (QED) is 0.286. The van der Waals surface area contributed by atoms with Gasteiger partial charge in [-0.3, -0.25) is 30.0 Å². The minimum atomic E-state index is -0.237. The molecule has 3 N–H and O–H groups in total. The number of aromatic nitrogens is 2. The normalized spacial score (nSPS) is 14.8. The summed E-state index contributed by atoms with van der Waals surface area (Å²) >= 11 is 7.19. The number of anilines is 2. The Bertz CT molecular complexity index is 1420. The molecule has 2 amide bonds. The smallest absolute Gasteiger partial charge is 0.282 e. The summed E-state index contributed by atoms with van der Waals surface area (Å²) in [5.41, 5.74) is 5.53. The molecule has 0 atom stereocenters. The van der Waals surface area contributed by atoms with Crippen LogP contribution in [0.2, 0.25) is 5.02 Å². The van der Waals surface area contributed by atoms with E-state index < -0.39 is 0 Å². The van der Waals surface area contributed by atoms with Crippen LogP contribution in [0.1, 0.15) is 32.0 Å². The van der Waals surface area contributed by atoms with E-state index in [4.69, 9.17) is 11.6 Å². The third-order valence-corrected chi connectivity index (χ3v) is 7.85. The molecule has 3 heterocycles. The maximum atomic E-state index is 13.0. The largest absolute Gasteiger partial charge is 0.306 e. The maximum Gasteiger partial charge on any atom is 0.282 e. The first-order valence-electron chi connectivity index (χ1n) is 12.4. The topological polar surface area (TPSA) is 96.6 Å². The molecule has 4 aromatic rings. The van der Waals surface area contributed by atoms with Gasteiger partial charge in [0.1, 0.15) is 10.6 Å². The summed E-state index contributed by atoms with van der Waals surface area (Å²) in [6.45, 7) is 5.22. The number of hydrazine groups is 1. The molecule has 9 nitrogen and oxygen atoms in total. The number of amides is 2. The third-order valence-electron chi connectivity index (χ3n) is 6.58. The molecule has 0 aliphatic carbocycles. The van der Waals surface area contributed by atoms with Gasteiger partial charge in [-0.05, 0) is 74.6 Å². The molecule has 2 aromatic heterocycles. The predicted octanol–water partition coefficient (Wildman–Crippen LogP) is 4.77. The molecule has 11 heteroatoms. The number of rotatable bonds is 7. The summed E-state index contributed by atoms with van der Waals surface area (Å²) in [5.74, 6) is 0.0114. The Labute approximate surface area is 230 Å². The molecule has 1 aliphatic heterocycles. The fourth-order valence-corrected chi connectivity index (χ4v) is 5.51. The van der Waals surface area contributed by atoms with Crippen LogP contribution in [0.3, 0.4) is 0 Å². The van der Waals surface area contributed by atoms with Gasteiger partial charge in [0.05, 0.1) is 16.0 Å². The standard InChI is InChI=1S/C27H30ClN7O2S/c1-33-12-3-13-35(15-14-33)17-18-4-6-19(7-5-18)25(36)29-24-22-16-23(38-26(22)31-30-24)27(37)34(2)32-21-10-8-20(28)9-11-21/h4-11,16,32H,3,12-15,17H2,1-2H3,(H2,29,30,31,36). The van der Waals surface area contributed by atoms with Gasteiger partial charge in [-0.1, -0.05) is 23.7 Å². The number of fused-ring (bicyclic) bond motifs is 1. The van der Waals surface area contributed by atoms with Crippen molar-refractivity contribution in [2.24, 2.45) is 0 Å². The molecule has 198 valence electrons. The van der Waals surface area contributed by atoms with Crippen molar-refractivity contribution in [3.63, 3.8) is 0 Å². The van der Waals surface area contributed by atoms with Gasteiger partial charge in [0.2, 0.25) is 0 Å². The molecule has 2 aromatic carbocycles. The lowest BCUT2D eigenvalue weighted by Crippen LogP contribution is -2.31. The minimum absolute atomic E-state index is 0.216. The first-order valence-corrected chi connectivity index (χ1v) is 13.6. The van der Waals surface area contributed by atoms with Gasteiger partial charge in [0.15, 0.2) is 0 Å². The molecule has 0 spiro atoms. The Kier molecular flexibility index (Phi) is 7.94. The average molecular weight is 552 g/mol. The van der Waals surface area contributed by atoms with Gasteiger partial charge < -0.3 is 10.2 Å². The first kappa shape index (κ1) is 26.2. The fraction of sp³-hybridized carbons (Fsp3) is 0.296. The predicted molar refractivity (Wildman–Crippen MR) is 153 cm³/mol. The SMILES string of the molecule is CN1CCCN(Cc2ccc(C(=O)Nc3[nH]nc4sc(C(=O)N(C)Nc5ccc(Cl)cc5)cc34)cc2)CC1. The average Bonchev–Trinajstić information content (AvgIpc) is 3.43. The highest BCUT2D eigenvalue weighted by Gasteiger charge is 2.20. The number of nitrogens with zero attached hydrogens (tertiary/aromatic N) is 4. The Morgan fingerprint density at radius 3 is 2.61 bits per heavy atom. The van der Waals surface area contributed by atoms with Crippen molar-refractivity contribution >= 4 is 56.5 Å². The van der Waals surface area contributed by atoms with Crippen molar-refractivity contribution in [3.8, 4) is 0 Å². The molecule has 0 saturated carbocycles. The van der Waals surface area contributed by atoms with Crippen molar-refractivity contribution in [1.82, 2.24) is 25.0 Å². The van der Waals surface area contributed by atoms with E-state index >= 15 is 0 Å². The van der Waals surface area contributed by atoms with Crippen molar-refractivity contribution in [2.75, 3.05) is 51.0 Å². The molecule has 0 bridgehead atoms. The number of hydrogen-bond acceptors (Lipinski definition) is 7.